The van der Waals surface area contributed by atoms with Crippen molar-refractivity contribution in [3.05, 3.63) is 47.2 Å². The number of halogens is 5. The van der Waals surface area contributed by atoms with E-state index >= 15 is 0 Å². The topological polar surface area (TPSA) is 139 Å². The van der Waals surface area contributed by atoms with Gasteiger partial charge < -0.3 is 16.2 Å². The fourth-order valence-electron chi connectivity index (χ4n) is 3.62. The largest absolute Gasteiger partial charge is 0.465 e. The molecule has 14 heteroatoms. The molecule has 0 aromatic carbocycles. The first-order valence-corrected chi connectivity index (χ1v) is 9.76. The van der Waals surface area contributed by atoms with Gasteiger partial charge in [0.05, 0.1) is 23.5 Å². The molecule has 3 rings (SSSR count). The standard InChI is InChI=1S/C20H18F5N5O4/c1-8-12(21)4-15(30(8)19(33)34)18(32)29-5-9-3-14(27-7-13(9)22)10-2-11(17(26)31)16(28-6-10)20(23,24)25/h2-3,6-8,12,15H,4-5H2,1H3,(H2,26,31)(H,29,32)(H,33,34)/t8-,12+,15-/m0/s1. The number of nitrogens with zero attached hydrogens (tertiary/aromatic N) is 3. The smallest absolute Gasteiger partial charge is 0.434 e. The van der Waals surface area contributed by atoms with Crippen LogP contribution in [-0.2, 0) is 17.5 Å². The van der Waals surface area contributed by atoms with Crippen LogP contribution in [0.1, 0.15) is 35.0 Å². The number of primary amides is 1. The number of pyridine rings is 2. The number of rotatable bonds is 5. The molecule has 3 heterocycles. The van der Waals surface area contributed by atoms with E-state index in [9.17, 15) is 41.4 Å². The number of alkyl halides is 4. The van der Waals surface area contributed by atoms with Crippen LogP contribution >= 0.6 is 0 Å². The molecular weight excluding hydrogens is 469 g/mol. The maximum atomic E-state index is 14.3. The van der Waals surface area contributed by atoms with Gasteiger partial charge in [-0.15, -0.1) is 0 Å². The molecule has 3 amide bonds. The highest BCUT2D eigenvalue weighted by atomic mass is 19.4. The summed E-state index contributed by atoms with van der Waals surface area (Å²) in [6.45, 7) is 0.867. The number of likely N-dealkylation sites (tertiary alicyclic amines) is 1. The van der Waals surface area contributed by atoms with E-state index < -0.39 is 66.0 Å². The van der Waals surface area contributed by atoms with Crippen LogP contribution in [0.2, 0.25) is 0 Å². The summed E-state index contributed by atoms with van der Waals surface area (Å²) in [7, 11) is 0. The quantitative estimate of drug-likeness (QED) is 0.554. The molecule has 0 spiro atoms. The molecule has 1 aliphatic rings. The van der Waals surface area contributed by atoms with Crippen molar-refractivity contribution in [1.82, 2.24) is 20.2 Å². The Hall–Kier alpha value is -3.84. The van der Waals surface area contributed by atoms with Crippen molar-refractivity contribution in [2.75, 3.05) is 0 Å². The molecule has 1 fully saturated rings. The van der Waals surface area contributed by atoms with Gasteiger partial charge in [0.15, 0.2) is 5.69 Å². The normalized spacial score (nSPS) is 20.3. The number of nitrogens with one attached hydrogen (secondary N) is 1. The van der Waals surface area contributed by atoms with Crippen LogP contribution in [0.5, 0.6) is 0 Å². The molecule has 0 bridgehead atoms. The highest BCUT2D eigenvalue weighted by molar-refractivity contribution is 5.95. The fraction of sp³-hybridized carbons (Fsp3) is 0.350. The molecule has 0 unspecified atom stereocenters. The lowest BCUT2D eigenvalue weighted by molar-refractivity contribution is -0.141. The minimum atomic E-state index is -4.94. The predicted molar refractivity (Wildman–Crippen MR) is 105 cm³/mol. The number of hydrogen-bond donors (Lipinski definition) is 3. The Bertz CT molecular complexity index is 1140. The van der Waals surface area contributed by atoms with Crippen molar-refractivity contribution < 1.29 is 41.4 Å². The van der Waals surface area contributed by atoms with Gasteiger partial charge in [-0.2, -0.15) is 13.2 Å². The third-order valence-electron chi connectivity index (χ3n) is 5.38. The first kappa shape index (κ1) is 24.8. The summed E-state index contributed by atoms with van der Waals surface area (Å²) in [4.78, 5) is 43.0. The molecule has 2 aromatic heterocycles. The zero-order valence-electron chi connectivity index (χ0n) is 17.4. The van der Waals surface area contributed by atoms with Crippen LogP contribution in [-0.4, -0.2) is 56.1 Å². The monoisotopic (exact) mass is 487 g/mol. The molecule has 4 N–H and O–H groups in total. The lowest BCUT2D eigenvalue weighted by atomic mass is 10.1. The molecule has 1 saturated heterocycles. The Balaban J connectivity index is 1.84. The summed E-state index contributed by atoms with van der Waals surface area (Å²) in [5.74, 6) is -3.10. The van der Waals surface area contributed by atoms with E-state index in [1.54, 1.807) is 0 Å². The van der Waals surface area contributed by atoms with E-state index in [4.69, 9.17) is 5.73 Å². The fourth-order valence-corrected chi connectivity index (χ4v) is 3.62. The van der Waals surface area contributed by atoms with Crippen molar-refractivity contribution in [3.63, 3.8) is 0 Å². The number of nitrogens with two attached hydrogens (primary N) is 1. The van der Waals surface area contributed by atoms with Crippen LogP contribution < -0.4 is 11.1 Å². The van der Waals surface area contributed by atoms with E-state index in [0.29, 0.717) is 4.90 Å². The molecule has 34 heavy (non-hydrogen) atoms. The Morgan fingerprint density at radius 3 is 2.50 bits per heavy atom. The summed E-state index contributed by atoms with van der Waals surface area (Å²) < 4.78 is 67.3. The first-order valence-electron chi connectivity index (χ1n) is 9.76. The Morgan fingerprint density at radius 1 is 1.24 bits per heavy atom. The van der Waals surface area contributed by atoms with E-state index in [1.807, 2.05) is 0 Å². The zero-order chi connectivity index (χ0) is 25.4. The van der Waals surface area contributed by atoms with Crippen LogP contribution in [0.4, 0.5) is 26.7 Å². The summed E-state index contributed by atoms with van der Waals surface area (Å²) in [6, 6.07) is -0.435. The van der Waals surface area contributed by atoms with Gasteiger partial charge >= 0.3 is 12.3 Å². The molecular formula is C20H18F5N5O4. The first-order chi connectivity index (χ1) is 15.8. The second-order valence-electron chi connectivity index (χ2n) is 7.56. The second-order valence-corrected chi connectivity index (χ2v) is 7.56. The molecule has 0 aliphatic carbocycles. The van der Waals surface area contributed by atoms with Crippen LogP contribution in [0.3, 0.4) is 0 Å². The van der Waals surface area contributed by atoms with E-state index in [2.05, 4.69) is 15.3 Å². The molecule has 3 atom stereocenters. The lowest BCUT2D eigenvalue weighted by Gasteiger charge is -2.24. The number of carboxylic acid groups (broad SMARTS) is 1. The molecule has 2 aromatic rings. The number of carbonyl (C=O) groups is 3. The van der Waals surface area contributed by atoms with Crippen LogP contribution in [0.15, 0.2) is 24.5 Å². The average Bonchev–Trinajstić information content (AvgIpc) is 3.06. The molecule has 0 radical (unpaired) electrons. The van der Waals surface area contributed by atoms with Crippen molar-refractivity contribution in [1.29, 1.82) is 0 Å². The van der Waals surface area contributed by atoms with Gasteiger partial charge in [0.25, 0.3) is 5.91 Å². The Morgan fingerprint density at radius 2 is 1.91 bits per heavy atom. The predicted octanol–water partition coefficient (Wildman–Crippen LogP) is 2.50. The van der Waals surface area contributed by atoms with Gasteiger partial charge in [0.2, 0.25) is 5.91 Å². The minimum absolute atomic E-state index is 0.0696. The third-order valence-corrected chi connectivity index (χ3v) is 5.38. The third kappa shape index (κ3) is 4.89. The van der Waals surface area contributed by atoms with Gasteiger partial charge in [-0.1, -0.05) is 0 Å². The van der Waals surface area contributed by atoms with Gasteiger partial charge in [0.1, 0.15) is 18.0 Å². The second kappa shape index (κ2) is 9.19. The molecule has 182 valence electrons. The van der Waals surface area contributed by atoms with Gasteiger partial charge in [-0.25, -0.2) is 13.6 Å². The lowest BCUT2D eigenvalue weighted by Crippen LogP contribution is -2.47. The van der Waals surface area contributed by atoms with E-state index in [1.165, 1.54) is 6.92 Å². The average molecular weight is 487 g/mol. The summed E-state index contributed by atoms with van der Waals surface area (Å²) in [5.41, 5.74) is 2.34. The minimum Gasteiger partial charge on any atom is -0.465 e. The van der Waals surface area contributed by atoms with Crippen molar-refractivity contribution in [2.45, 2.75) is 44.3 Å². The van der Waals surface area contributed by atoms with Gasteiger partial charge in [-0.05, 0) is 19.1 Å². The van der Waals surface area contributed by atoms with Crippen molar-refractivity contribution in [3.8, 4) is 11.3 Å². The SMILES string of the molecule is C[C@H]1[C@H](F)C[C@@H](C(=O)NCc2cc(-c3cnc(C(F)(F)F)c(C(N)=O)c3)ncc2F)N1C(=O)O. The van der Waals surface area contributed by atoms with Crippen molar-refractivity contribution >= 4 is 17.9 Å². The summed E-state index contributed by atoms with van der Waals surface area (Å²) in [5, 5.41) is 11.6. The summed E-state index contributed by atoms with van der Waals surface area (Å²) in [6.07, 6.45) is -6.81. The number of carbonyl (C=O) groups excluding carboxylic acids is 2. The highest BCUT2D eigenvalue weighted by Crippen LogP contribution is 2.32. The van der Waals surface area contributed by atoms with Gasteiger partial charge in [-0.3, -0.25) is 24.5 Å². The van der Waals surface area contributed by atoms with Crippen LogP contribution in [0.25, 0.3) is 11.3 Å². The summed E-state index contributed by atoms with van der Waals surface area (Å²) >= 11 is 0. The van der Waals surface area contributed by atoms with Gasteiger partial charge in [0, 0.05) is 30.3 Å². The maximum Gasteiger partial charge on any atom is 0.434 e. The number of amides is 3. The highest BCUT2D eigenvalue weighted by Gasteiger charge is 2.45. The number of aromatic nitrogens is 2. The molecule has 9 nitrogen and oxygen atoms in total. The Kier molecular flexibility index (Phi) is 6.70. The van der Waals surface area contributed by atoms with Crippen molar-refractivity contribution in [2.24, 2.45) is 5.73 Å². The van der Waals surface area contributed by atoms with E-state index in [0.717, 1.165) is 24.5 Å². The molecule has 1 aliphatic heterocycles. The zero-order valence-corrected chi connectivity index (χ0v) is 17.4. The molecule has 0 saturated carbocycles. The van der Waals surface area contributed by atoms with Crippen LogP contribution in [0, 0.1) is 5.82 Å². The Labute approximate surface area is 188 Å². The van der Waals surface area contributed by atoms with E-state index in [-0.39, 0.29) is 23.2 Å². The number of hydrogen-bond acceptors (Lipinski definition) is 5. The maximum absolute atomic E-state index is 14.3.